The van der Waals surface area contributed by atoms with Gasteiger partial charge in [-0.15, -0.1) is 0 Å². The minimum absolute atomic E-state index is 0.00436. The van der Waals surface area contributed by atoms with Gasteiger partial charge in [0.15, 0.2) is 0 Å². The molecule has 0 heterocycles. The van der Waals surface area contributed by atoms with Crippen molar-refractivity contribution in [1.29, 1.82) is 0 Å². The Hall–Kier alpha value is -3.86. The molecule has 0 aliphatic rings. The third kappa shape index (κ3) is 9.11. The van der Waals surface area contributed by atoms with E-state index in [-0.39, 0.29) is 40.4 Å². The number of nitrogens with zero attached hydrogens (tertiary/aromatic N) is 2. The number of carbonyl (C=O) groups is 2. The summed E-state index contributed by atoms with van der Waals surface area (Å²) in [5, 5.41) is 3.17. The lowest BCUT2D eigenvalue weighted by molar-refractivity contribution is -0.140. The van der Waals surface area contributed by atoms with Gasteiger partial charge in [-0.3, -0.25) is 13.9 Å². The molecule has 0 fully saturated rings. The molecule has 0 unspecified atom stereocenters. The molecule has 4 aromatic carbocycles. The number of ether oxygens (including phenoxy) is 1. The highest BCUT2D eigenvalue weighted by Gasteiger charge is 2.35. The Bertz CT molecular complexity index is 1720. The average Bonchev–Trinajstić information content (AvgIpc) is 3.05. The number of methoxy groups -OCH3 is 1. The molecule has 1 N–H and O–H groups in total. The third-order valence-electron chi connectivity index (χ3n) is 7.26. The molecule has 8 nitrogen and oxygen atoms in total. The number of carbonyl (C=O) groups excluding carboxylic acids is 2. The van der Waals surface area contributed by atoms with Crippen molar-refractivity contribution in [2.24, 2.45) is 5.92 Å². The Balaban J connectivity index is 1.81. The molecule has 11 heteroatoms. The normalized spacial score (nSPS) is 12.0. The molecule has 0 aliphatic heterocycles. The van der Waals surface area contributed by atoms with Crippen molar-refractivity contribution in [2.45, 2.75) is 37.8 Å². The first kappa shape index (κ1) is 35.0. The van der Waals surface area contributed by atoms with Crippen LogP contribution < -0.4 is 14.4 Å². The summed E-state index contributed by atoms with van der Waals surface area (Å²) in [4.78, 5) is 29.9. The Kier molecular flexibility index (Phi) is 12.3. The third-order valence-corrected chi connectivity index (χ3v) is 9.87. The van der Waals surface area contributed by atoms with E-state index in [2.05, 4.69) is 21.2 Å². The van der Waals surface area contributed by atoms with Crippen LogP contribution in [0.15, 0.2) is 112 Å². The number of hydrogen-bond donors (Lipinski definition) is 1. The maximum atomic E-state index is 14.5. The summed E-state index contributed by atoms with van der Waals surface area (Å²) in [5.74, 6) is -0.346. The van der Waals surface area contributed by atoms with Gasteiger partial charge in [-0.1, -0.05) is 102 Å². The van der Waals surface area contributed by atoms with Crippen molar-refractivity contribution >= 4 is 55.1 Å². The molecule has 0 aliphatic carbocycles. The van der Waals surface area contributed by atoms with Crippen molar-refractivity contribution in [1.82, 2.24) is 10.2 Å². The zero-order chi connectivity index (χ0) is 33.3. The van der Waals surface area contributed by atoms with Crippen molar-refractivity contribution < 1.29 is 22.7 Å². The predicted octanol–water partition coefficient (Wildman–Crippen LogP) is 6.72. The van der Waals surface area contributed by atoms with Crippen LogP contribution in [0.4, 0.5) is 5.69 Å². The van der Waals surface area contributed by atoms with Gasteiger partial charge in [0, 0.05) is 24.0 Å². The first-order valence-corrected chi connectivity index (χ1v) is 17.4. The average molecular weight is 727 g/mol. The smallest absolute Gasteiger partial charge is 0.264 e. The van der Waals surface area contributed by atoms with Crippen molar-refractivity contribution in [3.05, 3.63) is 124 Å². The molecule has 0 saturated heterocycles. The monoisotopic (exact) mass is 725 g/mol. The van der Waals surface area contributed by atoms with Gasteiger partial charge in [0.25, 0.3) is 10.0 Å². The predicted molar refractivity (Wildman–Crippen MR) is 185 cm³/mol. The molecule has 0 spiro atoms. The van der Waals surface area contributed by atoms with E-state index >= 15 is 0 Å². The van der Waals surface area contributed by atoms with Crippen LogP contribution >= 0.6 is 27.5 Å². The second-order valence-electron chi connectivity index (χ2n) is 11.1. The van der Waals surface area contributed by atoms with Gasteiger partial charge in [-0.25, -0.2) is 8.42 Å². The topological polar surface area (TPSA) is 96.0 Å². The zero-order valence-electron chi connectivity index (χ0n) is 25.9. The lowest BCUT2D eigenvalue weighted by atomic mass is 10.0. The highest BCUT2D eigenvalue weighted by Crippen LogP contribution is 2.32. The van der Waals surface area contributed by atoms with E-state index in [1.807, 2.05) is 68.4 Å². The van der Waals surface area contributed by atoms with E-state index in [1.165, 1.54) is 36.3 Å². The molecule has 0 radical (unpaired) electrons. The first-order valence-electron chi connectivity index (χ1n) is 14.8. The number of rotatable bonds is 14. The highest BCUT2D eigenvalue weighted by atomic mass is 79.9. The largest absolute Gasteiger partial charge is 0.495 e. The van der Waals surface area contributed by atoms with Crippen LogP contribution in [0.5, 0.6) is 5.75 Å². The number of hydrogen-bond acceptors (Lipinski definition) is 5. The molecular formula is C35H37BrClN3O5S. The molecule has 242 valence electrons. The fourth-order valence-electron chi connectivity index (χ4n) is 4.82. The van der Waals surface area contributed by atoms with Gasteiger partial charge in [0.05, 0.1) is 22.7 Å². The second-order valence-corrected chi connectivity index (χ2v) is 14.3. The van der Waals surface area contributed by atoms with Gasteiger partial charge in [0.2, 0.25) is 11.8 Å². The summed E-state index contributed by atoms with van der Waals surface area (Å²) in [6.07, 6.45) is 0.229. The lowest BCUT2D eigenvalue weighted by Gasteiger charge is -2.34. The van der Waals surface area contributed by atoms with E-state index in [9.17, 15) is 18.0 Å². The summed E-state index contributed by atoms with van der Waals surface area (Å²) in [7, 11) is -2.79. The van der Waals surface area contributed by atoms with Crippen LogP contribution in [0.2, 0.25) is 5.02 Å². The molecular weight excluding hydrogens is 690 g/mol. The standard InChI is InChI=1S/C35H37BrClN3O5S/c1-25(2)22-38-35(42)32(20-26-10-6-4-7-11-26)39(23-27-14-16-28(36)17-15-27)34(41)24-40(29-18-19-33(45-3)31(37)21-29)46(43,44)30-12-8-5-9-13-30/h4-19,21,25,32H,20,22-24H2,1-3H3,(H,38,42)/t32-/m0/s1. The van der Waals surface area contributed by atoms with E-state index < -0.39 is 28.5 Å². The van der Waals surface area contributed by atoms with Crippen LogP contribution in [0.25, 0.3) is 0 Å². The summed E-state index contributed by atoms with van der Waals surface area (Å²) < 4.78 is 35.4. The number of anilines is 1. The van der Waals surface area contributed by atoms with Crippen LogP contribution in [-0.4, -0.2) is 51.4 Å². The Morgan fingerprint density at radius 1 is 0.891 bits per heavy atom. The molecule has 0 saturated carbocycles. The number of amides is 2. The molecule has 1 atom stereocenters. The van der Waals surface area contributed by atoms with Gasteiger partial charge < -0.3 is 15.0 Å². The Morgan fingerprint density at radius 2 is 1.52 bits per heavy atom. The van der Waals surface area contributed by atoms with Crippen LogP contribution in [0.1, 0.15) is 25.0 Å². The first-order chi connectivity index (χ1) is 22.0. The number of nitrogens with one attached hydrogen (secondary N) is 1. The van der Waals surface area contributed by atoms with Crippen molar-refractivity contribution in [2.75, 3.05) is 24.5 Å². The summed E-state index contributed by atoms with van der Waals surface area (Å²) >= 11 is 9.88. The van der Waals surface area contributed by atoms with E-state index in [1.54, 1.807) is 24.3 Å². The highest BCUT2D eigenvalue weighted by molar-refractivity contribution is 9.10. The fraction of sp³-hybridized carbons (Fsp3) is 0.257. The molecule has 46 heavy (non-hydrogen) atoms. The van der Waals surface area contributed by atoms with Crippen molar-refractivity contribution in [3.8, 4) is 5.75 Å². The minimum Gasteiger partial charge on any atom is -0.495 e. The quantitative estimate of drug-likeness (QED) is 0.156. The van der Waals surface area contributed by atoms with E-state index in [4.69, 9.17) is 16.3 Å². The lowest BCUT2D eigenvalue weighted by Crippen LogP contribution is -2.53. The van der Waals surface area contributed by atoms with Gasteiger partial charge in [0.1, 0.15) is 18.3 Å². The summed E-state index contributed by atoms with van der Waals surface area (Å²) in [5.41, 5.74) is 1.81. The molecule has 0 bridgehead atoms. The Morgan fingerprint density at radius 3 is 2.11 bits per heavy atom. The van der Waals surface area contributed by atoms with E-state index in [0.29, 0.717) is 12.3 Å². The maximum absolute atomic E-state index is 14.5. The summed E-state index contributed by atoms with van der Waals surface area (Å²) in [6, 6.07) is 28.3. The number of halogens is 2. The number of benzene rings is 4. The number of sulfonamides is 1. The van der Waals surface area contributed by atoms with Gasteiger partial charge >= 0.3 is 0 Å². The SMILES string of the molecule is COc1ccc(N(CC(=O)N(Cc2ccc(Br)cc2)[C@@H](Cc2ccccc2)C(=O)NCC(C)C)S(=O)(=O)c2ccccc2)cc1Cl. The summed E-state index contributed by atoms with van der Waals surface area (Å²) in [6.45, 7) is 3.89. The zero-order valence-corrected chi connectivity index (χ0v) is 29.1. The van der Waals surface area contributed by atoms with Crippen molar-refractivity contribution in [3.63, 3.8) is 0 Å². The fourth-order valence-corrected chi connectivity index (χ4v) is 6.77. The molecule has 4 rings (SSSR count). The molecule has 2 amide bonds. The molecule has 0 aromatic heterocycles. The van der Waals surface area contributed by atoms with Gasteiger partial charge in [-0.05, 0) is 59.5 Å². The van der Waals surface area contributed by atoms with Crippen LogP contribution in [-0.2, 0) is 32.6 Å². The second kappa shape index (κ2) is 16.1. The Labute approximate surface area is 284 Å². The minimum atomic E-state index is -4.24. The van der Waals surface area contributed by atoms with Gasteiger partial charge in [-0.2, -0.15) is 0 Å². The van der Waals surface area contributed by atoms with Crippen LogP contribution in [0, 0.1) is 5.92 Å². The van der Waals surface area contributed by atoms with E-state index in [0.717, 1.165) is 19.9 Å². The maximum Gasteiger partial charge on any atom is 0.264 e. The molecule has 4 aromatic rings. The van der Waals surface area contributed by atoms with Crippen LogP contribution in [0.3, 0.4) is 0 Å².